The second-order valence-electron chi connectivity index (χ2n) is 5.05. The fraction of sp³-hybridized carbons (Fsp3) is 0.462. The minimum Gasteiger partial charge on any atom is -0.319 e. The highest BCUT2D eigenvalue weighted by molar-refractivity contribution is 6.08. The topological polar surface area (TPSA) is 72.2 Å². The number of benzene rings is 1. The third kappa shape index (κ3) is 1.36. The van der Waals surface area contributed by atoms with Crippen LogP contribution in [-0.2, 0) is 10.2 Å². The summed E-state index contributed by atoms with van der Waals surface area (Å²) in [5.74, 6) is -0.0634. The summed E-state index contributed by atoms with van der Waals surface area (Å²) in [4.78, 5) is 22.8. The Morgan fingerprint density at radius 1 is 1.22 bits per heavy atom. The summed E-state index contributed by atoms with van der Waals surface area (Å²) in [5.41, 5.74) is 0.721. The van der Waals surface area contributed by atoms with Crippen molar-refractivity contribution in [3.63, 3.8) is 0 Å². The standard InChI is InChI=1S/C13H14N2O3/c16-12-13(7-2-1-3-8-13)9-5-4-6-10(15(17)18)11(9)14-12/h4-6H,1-3,7-8H2,(H,14,16). The van der Waals surface area contributed by atoms with Crippen LogP contribution in [0, 0.1) is 10.1 Å². The predicted molar refractivity (Wildman–Crippen MR) is 66.5 cm³/mol. The van der Waals surface area contributed by atoms with Crippen molar-refractivity contribution >= 4 is 17.3 Å². The minimum atomic E-state index is -0.514. The van der Waals surface area contributed by atoms with Crippen LogP contribution < -0.4 is 5.32 Å². The number of rotatable bonds is 1. The van der Waals surface area contributed by atoms with Gasteiger partial charge in [0.1, 0.15) is 5.69 Å². The third-order valence-electron chi connectivity index (χ3n) is 4.14. The van der Waals surface area contributed by atoms with Gasteiger partial charge in [0.05, 0.1) is 10.3 Å². The molecule has 1 aromatic rings. The Morgan fingerprint density at radius 3 is 2.61 bits per heavy atom. The molecule has 0 bridgehead atoms. The van der Waals surface area contributed by atoms with Gasteiger partial charge in [0, 0.05) is 6.07 Å². The number of anilines is 1. The van der Waals surface area contributed by atoms with Gasteiger partial charge < -0.3 is 5.32 Å². The summed E-state index contributed by atoms with van der Waals surface area (Å²) in [6.45, 7) is 0. The average molecular weight is 246 g/mol. The number of carbonyl (C=O) groups excluding carboxylic acids is 1. The average Bonchev–Trinajstić information content (AvgIpc) is 2.64. The molecule has 1 spiro atoms. The van der Waals surface area contributed by atoms with E-state index in [9.17, 15) is 14.9 Å². The first-order chi connectivity index (χ1) is 8.65. The van der Waals surface area contributed by atoms with Crippen LogP contribution in [0.15, 0.2) is 18.2 Å². The molecule has 1 N–H and O–H groups in total. The van der Waals surface area contributed by atoms with Crippen LogP contribution in [0.25, 0.3) is 0 Å². The van der Waals surface area contributed by atoms with E-state index in [4.69, 9.17) is 0 Å². The van der Waals surface area contributed by atoms with Crippen LogP contribution in [0.4, 0.5) is 11.4 Å². The molecule has 0 aromatic heterocycles. The molecule has 5 heteroatoms. The number of hydrogen-bond acceptors (Lipinski definition) is 3. The molecule has 1 saturated carbocycles. The highest BCUT2D eigenvalue weighted by atomic mass is 16.6. The second-order valence-corrected chi connectivity index (χ2v) is 5.05. The van der Waals surface area contributed by atoms with E-state index < -0.39 is 10.3 Å². The molecule has 0 unspecified atom stereocenters. The molecule has 1 amide bonds. The molecule has 1 aromatic carbocycles. The molecule has 1 heterocycles. The monoisotopic (exact) mass is 246 g/mol. The van der Waals surface area contributed by atoms with Crippen molar-refractivity contribution in [3.8, 4) is 0 Å². The number of nitrogens with one attached hydrogen (secondary N) is 1. The Morgan fingerprint density at radius 2 is 1.94 bits per heavy atom. The fourth-order valence-corrected chi connectivity index (χ4v) is 3.23. The van der Waals surface area contributed by atoms with Crippen LogP contribution in [0.2, 0.25) is 0 Å². The van der Waals surface area contributed by atoms with E-state index in [1.807, 2.05) is 6.07 Å². The molecule has 5 nitrogen and oxygen atoms in total. The number of hydrogen-bond donors (Lipinski definition) is 1. The van der Waals surface area contributed by atoms with Crippen LogP contribution >= 0.6 is 0 Å². The van der Waals surface area contributed by atoms with Gasteiger partial charge in [-0.25, -0.2) is 0 Å². The quantitative estimate of drug-likeness (QED) is 0.611. The lowest BCUT2D eigenvalue weighted by molar-refractivity contribution is -0.383. The van der Waals surface area contributed by atoms with Crippen molar-refractivity contribution in [1.82, 2.24) is 0 Å². The molecule has 18 heavy (non-hydrogen) atoms. The van der Waals surface area contributed by atoms with Gasteiger partial charge in [-0.3, -0.25) is 14.9 Å². The number of nitrogens with zero attached hydrogens (tertiary/aromatic N) is 1. The molecule has 94 valence electrons. The first-order valence-corrected chi connectivity index (χ1v) is 6.24. The van der Waals surface area contributed by atoms with Gasteiger partial charge in [-0.15, -0.1) is 0 Å². The molecule has 0 saturated heterocycles. The van der Waals surface area contributed by atoms with Crippen LogP contribution in [-0.4, -0.2) is 10.8 Å². The van der Waals surface area contributed by atoms with Crippen molar-refractivity contribution < 1.29 is 9.72 Å². The number of nitro groups is 1. The smallest absolute Gasteiger partial charge is 0.293 e. The maximum absolute atomic E-state index is 12.2. The second kappa shape index (κ2) is 3.80. The lowest BCUT2D eigenvalue weighted by Gasteiger charge is -2.31. The van der Waals surface area contributed by atoms with Crippen molar-refractivity contribution in [2.24, 2.45) is 0 Å². The van der Waals surface area contributed by atoms with Crippen LogP contribution in [0.1, 0.15) is 37.7 Å². The zero-order valence-corrected chi connectivity index (χ0v) is 9.94. The van der Waals surface area contributed by atoms with Gasteiger partial charge >= 0.3 is 0 Å². The van der Waals surface area contributed by atoms with Gasteiger partial charge in [0.2, 0.25) is 5.91 Å². The highest BCUT2D eigenvalue weighted by Crippen LogP contribution is 2.49. The van der Waals surface area contributed by atoms with Crippen molar-refractivity contribution in [3.05, 3.63) is 33.9 Å². The van der Waals surface area contributed by atoms with Crippen molar-refractivity contribution in [2.45, 2.75) is 37.5 Å². The predicted octanol–water partition coefficient (Wildman–Crippen LogP) is 2.75. The number of carbonyl (C=O) groups is 1. The minimum absolute atomic E-state index is 0.00305. The number of fused-ring (bicyclic) bond motifs is 2. The summed E-state index contributed by atoms with van der Waals surface area (Å²) in [6.07, 6.45) is 4.75. The highest BCUT2D eigenvalue weighted by Gasteiger charge is 2.49. The summed E-state index contributed by atoms with van der Waals surface area (Å²) in [6, 6.07) is 4.97. The largest absolute Gasteiger partial charge is 0.319 e. The maximum atomic E-state index is 12.2. The number of para-hydroxylation sites is 1. The fourth-order valence-electron chi connectivity index (χ4n) is 3.23. The summed E-state index contributed by atoms with van der Waals surface area (Å²) >= 11 is 0. The van der Waals surface area contributed by atoms with E-state index >= 15 is 0 Å². The molecular formula is C13H14N2O3. The van der Waals surface area contributed by atoms with E-state index in [0.29, 0.717) is 5.69 Å². The summed E-state index contributed by atoms with van der Waals surface area (Å²) in [5, 5.41) is 13.7. The molecule has 1 aliphatic carbocycles. The molecule has 0 atom stereocenters. The maximum Gasteiger partial charge on any atom is 0.293 e. The Kier molecular flexibility index (Phi) is 2.36. The first kappa shape index (κ1) is 11.2. The normalized spacial score (nSPS) is 20.6. The van der Waals surface area contributed by atoms with Crippen molar-refractivity contribution in [1.29, 1.82) is 0 Å². The van der Waals surface area contributed by atoms with E-state index in [2.05, 4.69) is 5.32 Å². The summed E-state index contributed by atoms with van der Waals surface area (Å²) in [7, 11) is 0. The number of amides is 1. The van der Waals surface area contributed by atoms with Crippen LogP contribution in [0.5, 0.6) is 0 Å². The lowest BCUT2D eigenvalue weighted by atomic mass is 9.70. The first-order valence-electron chi connectivity index (χ1n) is 6.24. The Hall–Kier alpha value is -1.91. The lowest BCUT2D eigenvalue weighted by Crippen LogP contribution is -2.36. The van der Waals surface area contributed by atoms with Gasteiger partial charge in [-0.2, -0.15) is 0 Å². The molecule has 1 aliphatic heterocycles. The van der Waals surface area contributed by atoms with E-state index in [-0.39, 0.29) is 11.6 Å². The Labute approximate surface area is 104 Å². The van der Waals surface area contributed by atoms with Crippen molar-refractivity contribution in [2.75, 3.05) is 5.32 Å². The number of nitro benzene ring substituents is 1. The molecule has 3 rings (SSSR count). The van der Waals surface area contributed by atoms with E-state index in [1.54, 1.807) is 6.07 Å². The SMILES string of the molecule is O=C1Nc2c([N+](=O)[O-])cccc2C12CCCCC2. The molecule has 2 aliphatic rings. The van der Waals surface area contributed by atoms with Crippen LogP contribution in [0.3, 0.4) is 0 Å². The summed E-state index contributed by atoms with van der Waals surface area (Å²) < 4.78 is 0. The van der Waals surface area contributed by atoms with Gasteiger partial charge in [-0.1, -0.05) is 31.4 Å². The van der Waals surface area contributed by atoms with E-state index in [0.717, 1.165) is 37.7 Å². The van der Waals surface area contributed by atoms with Gasteiger partial charge in [0.15, 0.2) is 0 Å². The van der Waals surface area contributed by atoms with Gasteiger partial charge in [-0.05, 0) is 18.4 Å². The third-order valence-corrected chi connectivity index (χ3v) is 4.14. The Bertz CT molecular complexity index is 533. The Balaban J connectivity index is 2.16. The van der Waals surface area contributed by atoms with Gasteiger partial charge in [0.25, 0.3) is 5.69 Å². The molecule has 0 radical (unpaired) electrons. The zero-order chi connectivity index (χ0) is 12.8. The molecule has 1 fully saturated rings. The zero-order valence-electron chi connectivity index (χ0n) is 9.94. The van der Waals surface area contributed by atoms with E-state index in [1.165, 1.54) is 6.07 Å². The molecular weight excluding hydrogens is 232 g/mol.